The quantitative estimate of drug-likeness (QED) is 0.244. The number of hydrogen-bond donors (Lipinski definition) is 0. The number of ether oxygens (including phenoxy) is 2. The Balaban J connectivity index is 0.000000433. The smallest absolute Gasteiger partial charge is 0.180 e. The molecule has 3 heteroatoms. The molecule has 1 aliphatic heterocycles. The lowest BCUT2D eigenvalue weighted by molar-refractivity contribution is 0.156. The second-order valence-corrected chi connectivity index (χ2v) is 9.65. The van der Waals surface area contributed by atoms with Gasteiger partial charge in [-0.15, -0.1) is 0 Å². The maximum Gasteiger partial charge on any atom is 0.180 e. The van der Waals surface area contributed by atoms with Gasteiger partial charge < -0.3 is 9.47 Å². The van der Waals surface area contributed by atoms with Crippen molar-refractivity contribution in [1.29, 1.82) is 0 Å². The first-order chi connectivity index (χ1) is 18.5. The van der Waals surface area contributed by atoms with Gasteiger partial charge in [-0.3, -0.25) is 0 Å². The van der Waals surface area contributed by atoms with Gasteiger partial charge in [-0.2, -0.15) is 0 Å². The van der Waals surface area contributed by atoms with Gasteiger partial charge in [0.05, 0.1) is 7.11 Å². The van der Waals surface area contributed by atoms with E-state index in [1.807, 2.05) is 78.9 Å². The Morgan fingerprint density at radius 1 is 0.763 bits per heavy atom. The fourth-order valence-electron chi connectivity index (χ4n) is 4.82. The van der Waals surface area contributed by atoms with Gasteiger partial charge in [0.1, 0.15) is 17.3 Å². The van der Waals surface area contributed by atoms with Crippen molar-refractivity contribution >= 4 is 16.8 Å². The van der Waals surface area contributed by atoms with E-state index in [1.165, 1.54) is 17.0 Å². The van der Waals surface area contributed by atoms with Crippen LogP contribution in [0, 0.1) is 5.82 Å². The molecule has 0 saturated heterocycles. The third kappa shape index (κ3) is 4.92. The van der Waals surface area contributed by atoms with Crippen LogP contribution in [0.5, 0.6) is 11.5 Å². The second kappa shape index (κ2) is 10.9. The third-order valence-corrected chi connectivity index (χ3v) is 6.93. The van der Waals surface area contributed by atoms with E-state index >= 15 is 4.39 Å². The van der Waals surface area contributed by atoms with Crippen molar-refractivity contribution in [2.24, 2.45) is 0 Å². The minimum absolute atomic E-state index is 0.307. The zero-order chi connectivity index (χ0) is 26.5. The molecule has 0 aliphatic carbocycles. The number of halogens is 1. The van der Waals surface area contributed by atoms with E-state index in [1.54, 1.807) is 19.2 Å². The van der Waals surface area contributed by atoms with Crippen LogP contribution in [-0.2, 0) is 5.60 Å². The molecule has 0 aromatic heterocycles. The Hall–Kier alpha value is -4.37. The van der Waals surface area contributed by atoms with Gasteiger partial charge in [-0.1, -0.05) is 105 Å². The van der Waals surface area contributed by atoms with Crippen molar-refractivity contribution in [2.45, 2.75) is 25.4 Å². The lowest BCUT2D eigenvalue weighted by Crippen LogP contribution is -2.35. The first-order valence-electron chi connectivity index (χ1n) is 12.9. The van der Waals surface area contributed by atoms with E-state index in [0.717, 1.165) is 28.0 Å². The molecule has 6 rings (SSSR count). The zero-order valence-corrected chi connectivity index (χ0v) is 21.9. The van der Waals surface area contributed by atoms with Gasteiger partial charge >= 0.3 is 0 Å². The molecule has 1 atom stereocenters. The molecular formula is C35H31FO2. The standard InChI is InChI=1S/C29H25FO2.C6H6/c1-19(2)20-8-14-24-21(18-20)9-15-28-25(24)16-17-29(32-28,26-6-4-5-7-27(26)30)22-10-12-23(31-3)13-11-22;1-2-4-6-5-3-1/h4-19H,1-3H3;1-6H. The van der Waals surface area contributed by atoms with Crippen molar-refractivity contribution in [3.05, 3.63) is 149 Å². The average molecular weight is 503 g/mol. The molecule has 0 saturated carbocycles. The number of rotatable bonds is 4. The maximum absolute atomic E-state index is 15.1. The third-order valence-electron chi connectivity index (χ3n) is 6.93. The van der Waals surface area contributed by atoms with E-state index < -0.39 is 5.60 Å². The van der Waals surface area contributed by atoms with E-state index in [4.69, 9.17) is 9.47 Å². The van der Waals surface area contributed by atoms with Crippen molar-refractivity contribution in [3.8, 4) is 11.5 Å². The number of hydrogen-bond acceptors (Lipinski definition) is 2. The summed E-state index contributed by atoms with van der Waals surface area (Å²) in [4.78, 5) is 0. The molecule has 0 amide bonds. The van der Waals surface area contributed by atoms with Crippen LogP contribution in [0.2, 0.25) is 0 Å². The molecule has 38 heavy (non-hydrogen) atoms. The molecule has 0 radical (unpaired) electrons. The van der Waals surface area contributed by atoms with Gasteiger partial charge in [-0.25, -0.2) is 4.39 Å². The SMILES string of the molecule is COc1ccc(C2(c3ccccc3F)C=Cc3c(ccc4cc(C(C)C)ccc34)O2)cc1.c1ccccc1. The molecule has 190 valence electrons. The highest BCUT2D eigenvalue weighted by Crippen LogP contribution is 2.45. The van der Waals surface area contributed by atoms with Crippen LogP contribution in [0.3, 0.4) is 0 Å². The fourth-order valence-corrected chi connectivity index (χ4v) is 4.82. The maximum atomic E-state index is 15.1. The predicted octanol–water partition coefficient (Wildman–Crippen LogP) is 9.15. The Kier molecular flexibility index (Phi) is 7.28. The van der Waals surface area contributed by atoms with Gasteiger partial charge in [0.15, 0.2) is 5.60 Å². The number of fused-ring (bicyclic) bond motifs is 3. The van der Waals surface area contributed by atoms with Crippen molar-refractivity contribution in [1.82, 2.24) is 0 Å². The average Bonchev–Trinajstić information content (AvgIpc) is 2.98. The van der Waals surface area contributed by atoms with Crippen LogP contribution in [0.15, 0.2) is 121 Å². The largest absolute Gasteiger partial charge is 0.497 e. The van der Waals surface area contributed by atoms with Crippen molar-refractivity contribution < 1.29 is 13.9 Å². The molecule has 2 nitrogen and oxygen atoms in total. The lowest BCUT2D eigenvalue weighted by atomic mass is 9.82. The normalized spacial score (nSPS) is 15.8. The van der Waals surface area contributed by atoms with E-state index in [9.17, 15) is 0 Å². The summed E-state index contributed by atoms with van der Waals surface area (Å²) in [5.41, 5.74) is 2.55. The molecule has 1 unspecified atom stereocenters. The highest BCUT2D eigenvalue weighted by molar-refractivity contribution is 5.94. The zero-order valence-electron chi connectivity index (χ0n) is 21.9. The van der Waals surface area contributed by atoms with Crippen LogP contribution in [0.1, 0.15) is 42.0 Å². The summed E-state index contributed by atoms with van der Waals surface area (Å²) in [6.45, 7) is 4.39. The van der Waals surface area contributed by atoms with Gasteiger partial charge in [0.2, 0.25) is 0 Å². The topological polar surface area (TPSA) is 18.5 Å². The Bertz CT molecular complexity index is 1530. The van der Waals surface area contributed by atoms with E-state index in [-0.39, 0.29) is 5.82 Å². The van der Waals surface area contributed by atoms with E-state index in [2.05, 4.69) is 44.2 Å². The van der Waals surface area contributed by atoms with Gasteiger partial charge in [0.25, 0.3) is 0 Å². The molecule has 0 N–H and O–H groups in total. The summed E-state index contributed by atoms with van der Waals surface area (Å²) >= 11 is 0. The Morgan fingerprint density at radius 2 is 1.45 bits per heavy atom. The first-order valence-corrected chi connectivity index (χ1v) is 12.9. The molecule has 1 heterocycles. The van der Waals surface area contributed by atoms with E-state index in [0.29, 0.717) is 11.5 Å². The summed E-state index contributed by atoms with van der Waals surface area (Å²) in [5.74, 6) is 1.63. The van der Waals surface area contributed by atoms with Crippen LogP contribution >= 0.6 is 0 Å². The van der Waals surface area contributed by atoms with Crippen LogP contribution in [0.4, 0.5) is 4.39 Å². The fraction of sp³-hybridized carbons (Fsp3) is 0.143. The molecular weight excluding hydrogens is 471 g/mol. The van der Waals surface area contributed by atoms with Crippen molar-refractivity contribution in [3.63, 3.8) is 0 Å². The Morgan fingerprint density at radius 3 is 2.08 bits per heavy atom. The van der Waals surface area contributed by atoms with Crippen molar-refractivity contribution in [2.75, 3.05) is 7.11 Å². The van der Waals surface area contributed by atoms with Gasteiger partial charge in [-0.05, 0) is 58.7 Å². The summed E-state index contributed by atoms with van der Waals surface area (Å²) in [6.07, 6.45) is 4.03. The summed E-state index contributed by atoms with van der Waals surface area (Å²) < 4.78 is 27.0. The van der Waals surface area contributed by atoms with Crippen LogP contribution in [0.25, 0.3) is 16.8 Å². The summed E-state index contributed by atoms with van der Waals surface area (Å²) in [7, 11) is 1.63. The monoisotopic (exact) mass is 502 g/mol. The summed E-state index contributed by atoms with van der Waals surface area (Å²) in [6, 6.07) is 37.0. The van der Waals surface area contributed by atoms with Crippen LogP contribution < -0.4 is 9.47 Å². The van der Waals surface area contributed by atoms with Gasteiger partial charge in [0, 0.05) is 16.7 Å². The minimum atomic E-state index is -1.07. The number of benzene rings is 5. The second-order valence-electron chi connectivity index (χ2n) is 9.65. The molecule has 0 spiro atoms. The highest BCUT2D eigenvalue weighted by atomic mass is 19.1. The lowest BCUT2D eigenvalue weighted by Gasteiger charge is -2.36. The molecule has 0 fully saturated rings. The highest BCUT2D eigenvalue weighted by Gasteiger charge is 2.39. The molecule has 5 aromatic carbocycles. The predicted molar refractivity (Wildman–Crippen MR) is 154 cm³/mol. The van der Waals surface area contributed by atoms with Crippen LogP contribution in [-0.4, -0.2) is 7.11 Å². The Labute approximate surface area is 224 Å². The molecule has 1 aliphatic rings. The number of methoxy groups -OCH3 is 1. The minimum Gasteiger partial charge on any atom is -0.497 e. The molecule has 0 bridgehead atoms. The molecule has 5 aromatic rings. The summed E-state index contributed by atoms with van der Waals surface area (Å²) in [5, 5.41) is 2.30. The first kappa shape index (κ1) is 25.3.